The molecule has 0 atom stereocenters. The molecule has 9 heterocycles. The van der Waals surface area contributed by atoms with Gasteiger partial charge in [0.05, 0.1) is 82.6 Å². The van der Waals surface area contributed by atoms with Gasteiger partial charge in [-0.05, 0) is 149 Å². The van der Waals surface area contributed by atoms with E-state index in [1.54, 1.807) is 0 Å². The fourth-order valence-electron chi connectivity index (χ4n) is 18.9. The first-order chi connectivity index (χ1) is 65.1. The lowest BCUT2D eigenvalue weighted by molar-refractivity contribution is 0.298. The molecule has 0 spiro atoms. The predicted molar refractivity (Wildman–Crippen MR) is 596 cm³/mol. The van der Waals surface area contributed by atoms with E-state index in [1.807, 2.05) is 141 Å². The number of aryl methyl sites for hydroxylation is 4. The van der Waals surface area contributed by atoms with Gasteiger partial charge in [-0.25, -0.2) is 29.9 Å². The van der Waals surface area contributed by atoms with Crippen molar-refractivity contribution in [2.24, 2.45) is 0 Å². The van der Waals surface area contributed by atoms with E-state index in [9.17, 15) is 0 Å². The van der Waals surface area contributed by atoms with Gasteiger partial charge in [0.1, 0.15) is 45.6 Å². The minimum Gasteiger partial charge on any atom is -0.493 e. The van der Waals surface area contributed by atoms with Crippen molar-refractivity contribution < 1.29 is 18.9 Å². The van der Waals surface area contributed by atoms with Gasteiger partial charge in [0.15, 0.2) is 23.3 Å². The van der Waals surface area contributed by atoms with Crippen LogP contribution >= 0.6 is 141 Å². The van der Waals surface area contributed by atoms with E-state index in [0.29, 0.717) is 49.7 Å². The molecule has 24 heteroatoms. The number of hydrogen-bond donors (Lipinski definition) is 2. The normalized spacial score (nSPS) is 14.2. The van der Waals surface area contributed by atoms with E-state index in [0.717, 1.165) is 218 Å². The Bertz CT molecular complexity index is 4610. The van der Waals surface area contributed by atoms with Gasteiger partial charge >= 0.3 is 0 Å². The van der Waals surface area contributed by atoms with Crippen LogP contribution in [0.25, 0.3) is 89.7 Å². The van der Waals surface area contributed by atoms with Crippen LogP contribution in [-0.2, 0) is 25.7 Å². The third-order valence-electron chi connectivity index (χ3n) is 26.2. The molecule has 132 heavy (non-hydrogen) atoms. The molecule has 0 radical (unpaired) electrons. The second kappa shape index (κ2) is 57.5. The number of unbranched alkanes of at least 4 members (excludes halogenated alkanes) is 40. The van der Waals surface area contributed by atoms with Gasteiger partial charge < -0.3 is 28.9 Å². The average Bonchev–Trinajstić information content (AvgIpc) is 1.56. The summed E-state index contributed by atoms with van der Waals surface area (Å²) in [6, 6.07) is 8.70. The molecule has 0 fully saturated rings. The summed E-state index contributed by atoms with van der Waals surface area (Å²) in [5, 5.41) is 4.51. The van der Waals surface area contributed by atoms with E-state index < -0.39 is 0 Å². The molecule has 0 saturated carbocycles. The number of aromatic amines is 2. The summed E-state index contributed by atoms with van der Waals surface area (Å²) in [6.45, 7) is 20.8. The zero-order valence-corrected chi connectivity index (χ0v) is 91.9. The highest BCUT2D eigenvalue weighted by atomic mass is 32.3. The maximum Gasteiger partial charge on any atom is 0.168 e. The Morgan fingerprint density at radius 3 is 0.606 bits per heavy atom. The molecule has 722 valence electrons. The van der Waals surface area contributed by atoms with E-state index >= 15 is 0 Å². The van der Waals surface area contributed by atoms with Crippen molar-refractivity contribution in [3.05, 3.63) is 80.4 Å². The first-order valence-electron chi connectivity index (χ1n) is 51.8. The largest absolute Gasteiger partial charge is 0.493 e. The standard InChI is InChI=1S/C108H154N8O4S12/c1-13-21-29-37-45-53-61-73-81-82(74(62-54-46-38-30-22-14-2)90-89(73)125-105(126-90)107-129-101(121-9)102(122-10)130-107)94-109-93(81)111-97-85-77(117-69-57-49-41-33-25-17-5)65-66-78(118-70-58-50-42-34-26-18-6)86(85)99(115-97)113-95-83-75(63-55-47-39-31-23-15-3)91-92(128-106(127-91)108-131-103(123-11)104(124-12)132-108)76(64-56-48-40-32-24-16-4)84(83)96(110-95)114-100-88-80(120-72-60-52-44-36-28-20-8)68-67-79(87(88)98(112-94)116-100)119-71-59-51-43-35-27-19-7/h65-68H,13-64,69-72H2,1-12H3,(H2,109,110,111,112,113,114,115,116). The van der Waals surface area contributed by atoms with Crippen LogP contribution in [0.5, 0.6) is 23.0 Å². The van der Waals surface area contributed by atoms with E-state index in [2.05, 4.69) is 115 Å². The van der Waals surface area contributed by atoms with Gasteiger partial charge in [-0.1, -0.05) is 406 Å². The lowest BCUT2D eigenvalue weighted by atomic mass is 9.94. The molecular weight excluding hydrogens is 1860 g/mol. The van der Waals surface area contributed by atoms with Crippen LogP contribution in [0.4, 0.5) is 0 Å². The van der Waals surface area contributed by atoms with Gasteiger partial charge in [0, 0.05) is 41.1 Å². The minimum atomic E-state index is 0.563. The fraction of sp³-hybridized carbons (Fsp3) is 0.630. The van der Waals surface area contributed by atoms with Crippen LogP contribution in [0.1, 0.15) is 386 Å². The summed E-state index contributed by atoms with van der Waals surface area (Å²) < 4.78 is 40.6. The number of thioether (sulfide) groups is 12. The summed E-state index contributed by atoms with van der Waals surface area (Å²) >= 11 is 23.5. The van der Waals surface area contributed by atoms with E-state index in [1.165, 1.54) is 281 Å². The van der Waals surface area contributed by atoms with Crippen molar-refractivity contribution in [2.75, 3.05) is 51.5 Å². The average molecular weight is 2010 g/mol. The molecule has 0 aliphatic carbocycles. The van der Waals surface area contributed by atoms with Crippen molar-refractivity contribution in [2.45, 2.75) is 409 Å². The van der Waals surface area contributed by atoms with Gasteiger partial charge in [-0.2, -0.15) is 0 Å². The number of ether oxygens (including phenoxy) is 4. The molecule has 6 aliphatic rings. The smallest absolute Gasteiger partial charge is 0.168 e. The summed E-state index contributed by atoms with van der Waals surface area (Å²) in [4.78, 5) is 51.4. The molecule has 8 bridgehead atoms. The van der Waals surface area contributed by atoms with E-state index in [-0.39, 0.29) is 0 Å². The second-order valence-electron chi connectivity index (χ2n) is 36.4. The van der Waals surface area contributed by atoms with Crippen LogP contribution < -0.4 is 18.9 Å². The number of hydrogen-bond acceptors (Lipinski definition) is 22. The highest BCUT2D eigenvalue weighted by Gasteiger charge is 2.39. The number of nitrogens with one attached hydrogen (secondary N) is 2. The zero-order valence-electron chi connectivity index (χ0n) is 82.1. The molecule has 7 aromatic rings. The van der Waals surface area contributed by atoms with Crippen LogP contribution in [0.15, 0.2) is 77.7 Å². The monoisotopic (exact) mass is 2010 g/mol. The first-order valence-corrected chi connectivity index (χ1v) is 63.2. The number of benzene rings is 4. The summed E-state index contributed by atoms with van der Waals surface area (Å²) in [5.41, 5.74) is 11.7. The molecule has 4 aromatic carbocycles. The van der Waals surface area contributed by atoms with Crippen LogP contribution in [-0.4, -0.2) is 91.3 Å². The summed E-state index contributed by atoms with van der Waals surface area (Å²) in [5.74, 6) is 5.27. The molecule has 3 aromatic heterocycles. The van der Waals surface area contributed by atoms with Gasteiger partial charge in [0.2, 0.25) is 0 Å². The zero-order chi connectivity index (χ0) is 92.2. The van der Waals surface area contributed by atoms with Gasteiger partial charge in [-0.15, -0.1) is 47.0 Å². The number of rotatable bonds is 64. The lowest BCUT2D eigenvalue weighted by Crippen LogP contribution is -2.03. The Kier molecular flexibility index (Phi) is 46.1. The quantitative estimate of drug-likeness (QED) is 0.0348. The summed E-state index contributed by atoms with van der Waals surface area (Å²) in [6.07, 6.45) is 68.6. The molecule has 0 unspecified atom stereocenters. The maximum atomic E-state index is 7.38. The minimum absolute atomic E-state index is 0.563. The molecule has 0 amide bonds. The van der Waals surface area contributed by atoms with Crippen molar-refractivity contribution in [3.8, 4) is 68.5 Å². The van der Waals surface area contributed by atoms with E-state index in [4.69, 9.17) is 48.9 Å². The topological polar surface area (TPSA) is 146 Å². The van der Waals surface area contributed by atoms with Gasteiger partial charge in [0.25, 0.3) is 0 Å². The predicted octanol–water partition coefficient (Wildman–Crippen LogP) is 38.8. The number of nitrogens with zero attached hydrogens (tertiary/aromatic N) is 6. The second-order valence-corrected chi connectivity index (χ2v) is 49.9. The number of fused-ring (bicyclic) bond motifs is 22. The van der Waals surface area contributed by atoms with Crippen molar-refractivity contribution >= 4 is 185 Å². The molecule has 6 aliphatic heterocycles. The Morgan fingerprint density at radius 1 is 0.227 bits per heavy atom. The van der Waals surface area contributed by atoms with Gasteiger partial charge in [-0.3, -0.25) is 0 Å². The number of aromatic nitrogens is 8. The Labute approximate surface area is 845 Å². The van der Waals surface area contributed by atoms with Crippen LogP contribution in [0.2, 0.25) is 0 Å². The SMILES string of the molecule is CCCCCCCCOc1ccc(OCCCCCCCC)c2c1-c1nc-2nc2[nH]c(nc3nc(nc4[nH]c(n1)c1c(CCCCCCCC)c5c(c(CCCCCCCC)c41)SC(=C1SC(SC)=C(SC)S1)S5)-c1c(OCCCCCCCC)ccc(OCCCCCCCC)c1-3)c1c(CCCCCCCC)c3c(c(CCCCCCCC)c21)SC(=C1SC(SC)=C(SC)S1)S3. The molecule has 12 nitrogen and oxygen atoms in total. The lowest BCUT2D eigenvalue weighted by Gasteiger charge is -2.16. The Hall–Kier alpha value is -3.40. The highest BCUT2D eigenvalue weighted by molar-refractivity contribution is 8.42. The molecule has 0 saturated heterocycles. The first kappa shape index (κ1) is 106. The fourth-order valence-corrected chi connectivity index (χ4v) is 35.3. The Morgan fingerprint density at radius 2 is 0.409 bits per heavy atom. The van der Waals surface area contributed by atoms with Crippen molar-refractivity contribution in [1.82, 2.24) is 39.9 Å². The third kappa shape index (κ3) is 28.1. The number of H-pyrrole nitrogens is 2. The third-order valence-corrected chi connectivity index (χ3v) is 43.1. The summed E-state index contributed by atoms with van der Waals surface area (Å²) in [7, 11) is 0. The molecule has 2 N–H and O–H groups in total. The van der Waals surface area contributed by atoms with Crippen molar-refractivity contribution in [1.29, 1.82) is 0 Å². The highest BCUT2D eigenvalue weighted by Crippen LogP contribution is 2.68. The maximum absolute atomic E-state index is 7.38. The Balaban J connectivity index is 1.20. The molecule has 13 rings (SSSR count). The van der Waals surface area contributed by atoms with Crippen LogP contribution in [0.3, 0.4) is 0 Å². The molecular formula is C108H154N8O4S12. The van der Waals surface area contributed by atoms with Crippen molar-refractivity contribution in [3.63, 3.8) is 0 Å². The van der Waals surface area contributed by atoms with Crippen LogP contribution in [0, 0.1) is 0 Å².